The Balaban J connectivity index is 1.41. The van der Waals surface area contributed by atoms with Crippen molar-refractivity contribution in [1.29, 1.82) is 0 Å². The van der Waals surface area contributed by atoms with E-state index in [1.54, 1.807) is 14.2 Å². The van der Waals surface area contributed by atoms with Gasteiger partial charge in [0.25, 0.3) is 0 Å². The summed E-state index contributed by atoms with van der Waals surface area (Å²) in [7, 11) is 3.29. The van der Waals surface area contributed by atoms with E-state index >= 15 is 0 Å². The van der Waals surface area contributed by atoms with E-state index < -0.39 is 0 Å². The molecule has 0 aliphatic rings. The van der Waals surface area contributed by atoms with E-state index in [1.807, 2.05) is 48.8 Å². The quantitative estimate of drug-likeness (QED) is 0.128. The summed E-state index contributed by atoms with van der Waals surface area (Å²) >= 11 is 0. The predicted octanol–water partition coefficient (Wildman–Crippen LogP) is 4.08. The molecule has 0 saturated heterocycles. The van der Waals surface area contributed by atoms with Gasteiger partial charge in [0.15, 0.2) is 0 Å². The number of methoxy groups -OCH3 is 2. The first-order valence-corrected chi connectivity index (χ1v) is 12.4. The standard InChI is InChI=1S/C29H31N7O2/c1-37-9-7-33-28(30)20-5-3-18-12-26(35-24(18)14-20)22-11-23(17-32-16-22)27-13-19-4-6-21(15-25(19)36-27)29(31)34-8-10-38-2/h3-6,11-17,35-36H,7-10H2,1-2H3,(H2,30,33)(H2,31,34). The number of nitrogens with zero attached hydrogens (tertiary/aromatic N) is 3. The number of benzene rings is 2. The van der Waals surface area contributed by atoms with Gasteiger partial charge in [-0.1, -0.05) is 24.3 Å². The highest BCUT2D eigenvalue weighted by Crippen LogP contribution is 2.29. The van der Waals surface area contributed by atoms with Crippen LogP contribution in [0.3, 0.4) is 0 Å². The molecule has 0 aliphatic carbocycles. The number of nitrogens with two attached hydrogens (primary N) is 2. The highest BCUT2D eigenvalue weighted by atomic mass is 16.5. The molecule has 0 unspecified atom stereocenters. The predicted molar refractivity (Wildman–Crippen MR) is 154 cm³/mol. The summed E-state index contributed by atoms with van der Waals surface area (Å²) in [6, 6.07) is 18.4. The molecule has 9 nitrogen and oxygen atoms in total. The number of ether oxygens (including phenoxy) is 2. The van der Waals surface area contributed by atoms with Crippen molar-refractivity contribution in [1.82, 2.24) is 15.0 Å². The fraction of sp³-hybridized carbons (Fsp3) is 0.207. The maximum absolute atomic E-state index is 6.16. The van der Waals surface area contributed by atoms with Crippen LogP contribution < -0.4 is 11.5 Å². The van der Waals surface area contributed by atoms with Gasteiger partial charge in [0.1, 0.15) is 11.7 Å². The van der Waals surface area contributed by atoms with E-state index in [1.165, 1.54) is 0 Å². The molecule has 5 aromatic rings. The number of hydrogen-bond acceptors (Lipinski definition) is 5. The first-order chi connectivity index (χ1) is 18.6. The summed E-state index contributed by atoms with van der Waals surface area (Å²) in [5.41, 5.74) is 19.9. The molecule has 3 heterocycles. The fourth-order valence-corrected chi connectivity index (χ4v) is 4.32. The monoisotopic (exact) mass is 509 g/mol. The molecule has 194 valence electrons. The zero-order chi connectivity index (χ0) is 26.5. The minimum atomic E-state index is 0.494. The van der Waals surface area contributed by atoms with Crippen molar-refractivity contribution in [3.63, 3.8) is 0 Å². The molecule has 0 bridgehead atoms. The van der Waals surface area contributed by atoms with E-state index in [9.17, 15) is 0 Å². The molecule has 6 N–H and O–H groups in total. The Kier molecular flexibility index (Phi) is 7.48. The van der Waals surface area contributed by atoms with Crippen LogP contribution in [0.2, 0.25) is 0 Å². The average Bonchev–Trinajstić information content (AvgIpc) is 3.57. The highest BCUT2D eigenvalue weighted by Gasteiger charge is 2.10. The molecule has 9 heteroatoms. The van der Waals surface area contributed by atoms with Crippen molar-refractivity contribution in [3.8, 4) is 22.5 Å². The van der Waals surface area contributed by atoms with E-state index in [4.69, 9.17) is 20.9 Å². The Morgan fingerprint density at radius 2 is 1.18 bits per heavy atom. The Morgan fingerprint density at radius 3 is 1.63 bits per heavy atom. The molecule has 5 rings (SSSR count). The average molecular weight is 510 g/mol. The maximum Gasteiger partial charge on any atom is 0.125 e. The van der Waals surface area contributed by atoms with Crippen LogP contribution in [0.15, 0.2) is 77.0 Å². The van der Waals surface area contributed by atoms with Crippen molar-refractivity contribution in [2.45, 2.75) is 0 Å². The number of nitrogens with one attached hydrogen (secondary N) is 2. The molecule has 3 aromatic heterocycles. The Labute approximate surface area is 220 Å². The lowest BCUT2D eigenvalue weighted by Gasteiger charge is -2.02. The van der Waals surface area contributed by atoms with Crippen LogP contribution in [0.25, 0.3) is 44.3 Å². The molecule has 0 radical (unpaired) electrons. The van der Waals surface area contributed by atoms with Gasteiger partial charge in [-0.3, -0.25) is 15.0 Å². The van der Waals surface area contributed by atoms with Crippen LogP contribution >= 0.6 is 0 Å². The van der Waals surface area contributed by atoms with Crippen molar-refractivity contribution in [2.75, 3.05) is 40.5 Å². The van der Waals surface area contributed by atoms with Crippen LogP contribution in [-0.4, -0.2) is 67.1 Å². The molecule has 0 amide bonds. The second kappa shape index (κ2) is 11.3. The lowest BCUT2D eigenvalue weighted by molar-refractivity contribution is 0.208. The topological polar surface area (TPSA) is 140 Å². The summed E-state index contributed by atoms with van der Waals surface area (Å²) in [4.78, 5) is 20.3. The minimum absolute atomic E-state index is 0.494. The number of aromatic amines is 2. The summed E-state index contributed by atoms with van der Waals surface area (Å²) in [5.74, 6) is 0.988. The summed E-state index contributed by atoms with van der Waals surface area (Å²) in [6.07, 6.45) is 3.71. The smallest absolute Gasteiger partial charge is 0.125 e. The second-order valence-corrected chi connectivity index (χ2v) is 8.95. The van der Waals surface area contributed by atoms with E-state index in [2.05, 4.69) is 43.1 Å². The van der Waals surface area contributed by atoms with Crippen LogP contribution in [0.1, 0.15) is 11.1 Å². The van der Waals surface area contributed by atoms with Gasteiger partial charge in [0, 0.05) is 82.1 Å². The van der Waals surface area contributed by atoms with Crippen molar-refractivity contribution in [2.24, 2.45) is 21.5 Å². The maximum atomic E-state index is 6.16. The van der Waals surface area contributed by atoms with Gasteiger partial charge in [-0.25, -0.2) is 0 Å². The van der Waals surface area contributed by atoms with Crippen molar-refractivity contribution in [3.05, 3.63) is 78.1 Å². The number of hydrogen-bond donors (Lipinski definition) is 4. The third-order valence-electron chi connectivity index (χ3n) is 6.35. The number of aliphatic imine (C=N–C) groups is 2. The molecule has 0 fully saturated rings. The van der Waals surface area contributed by atoms with Crippen LogP contribution in [-0.2, 0) is 9.47 Å². The number of amidine groups is 2. The zero-order valence-electron chi connectivity index (χ0n) is 21.5. The molecule has 0 saturated carbocycles. The Hall–Kier alpha value is -4.47. The lowest BCUT2D eigenvalue weighted by Crippen LogP contribution is -2.14. The lowest BCUT2D eigenvalue weighted by atomic mass is 10.1. The Bertz CT molecular complexity index is 1510. The zero-order valence-corrected chi connectivity index (χ0v) is 21.5. The molecule has 38 heavy (non-hydrogen) atoms. The van der Waals surface area contributed by atoms with Gasteiger partial charge in [-0.05, 0) is 30.3 Å². The molecule has 0 aliphatic heterocycles. The van der Waals surface area contributed by atoms with Crippen LogP contribution in [0.4, 0.5) is 0 Å². The van der Waals surface area contributed by atoms with Crippen molar-refractivity contribution < 1.29 is 9.47 Å². The van der Waals surface area contributed by atoms with Crippen LogP contribution in [0.5, 0.6) is 0 Å². The third-order valence-corrected chi connectivity index (χ3v) is 6.35. The van der Waals surface area contributed by atoms with E-state index in [0.29, 0.717) is 38.0 Å². The number of fused-ring (bicyclic) bond motifs is 2. The number of rotatable bonds is 10. The molecule has 0 spiro atoms. The normalized spacial score (nSPS) is 12.6. The number of aromatic nitrogens is 3. The van der Waals surface area contributed by atoms with Gasteiger partial charge in [-0.2, -0.15) is 0 Å². The first kappa shape index (κ1) is 25.2. The van der Waals surface area contributed by atoms with Crippen LogP contribution in [0, 0.1) is 0 Å². The highest BCUT2D eigenvalue weighted by molar-refractivity contribution is 6.02. The number of pyridine rings is 1. The second-order valence-electron chi connectivity index (χ2n) is 8.95. The summed E-state index contributed by atoms with van der Waals surface area (Å²) < 4.78 is 10.1. The molecular formula is C29H31N7O2. The SMILES string of the molecule is COCCN=C(N)c1ccc2cc(-c3cncc(-c4cc5ccc(C(N)=NCCOC)cc5[nH]4)c3)[nH]c2c1. The largest absolute Gasteiger partial charge is 0.384 e. The number of H-pyrrole nitrogens is 2. The molecular weight excluding hydrogens is 478 g/mol. The molecule has 0 atom stereocenters. The summed E-state index contributed by atoms with van der Waals surface area (Å²) in [5, 5.41) is 2.17. The van der Waals surface area contributed by atoms with E-state index in [0.717, 1.165) is 55.4 Å². The first-order valence-electron chi connectivity index (χ1n) is 12.4. The summed E-state index contributed by atoms with van der Waals surface area (Å²) in [6.45, 7) is 2.12. The van der Waals surface area contributed by atoms with Gasteiger partial charge < -0.3 is 30.9 Å². The fourth-order valence-electron chi connectivity index (χ4n) is 4.32. The third kappa shape index (κ3) is 5.44. The van der Waals surface area contributed by atoms with Crippen molar-refractivity contribution >= 4 is 33.5 Å². The van der Waals surface area contributed by atoms with E-state index in [-0.39, 0.29) is 0 Å². The van der Waals surface area contributed by atoms with Gasteiger partial charge in [-0.15, -0.1) is 0 Å². The van der Waals surface area contributed by atoms with Gasteiger partial charge in [0.05, 0.1) is 26.3 Å². The van der Waals surface area contributed by atoms with Gasteiger partial charge in [0.2, 0.25) is 0 Å². The minimum Gasteiger partial charge on any atom is -0.384 e. The molecule has 2 aromatic carbocycles. The van der Waals surface area contributed by atoms with Gasteiger partial charge >= 0.3 is 0 Å². The Morgan fingerprint density at radius 1 is 0.711 bits per heavy atom.